The van der Waals surface area contributed by atoms with Gasteiger partial charge in [-0.25, -0.2) is 0 Å². The molecule has 12 rings (SSSR count). The molecule has 2 N–H and O–H groups in total. The second-order valence-electron chi connectivity index (χ2n) is 12.9. The van der Waals surface area contributed by atoms with Crippen LogP contribution in [0.15, 0.2) is 117 Å². The molecule has 1 spiro atoms. The number of benzene rings is 4. The van der Waals surface area contributed by atoms with Crippen molar-refractivity contribution in [3.63, 3.8) is 0 Å². The summed E-state index contributed by atoms with van der Waals surface area (Å²) in [5.41, 5.74) is 6.13. The Morgan fingerprint density at radius 1 is 0.561 bits per heavy atom. The molecule has 2 aromatic heterocycles. The van der Waals surface area contributed by atoms with E-state index in [1.807, 2.05) is 0 Å². The van der Waals surface area contributed by atoms with Crippen molar-refractivity contribution in [1.82, 2.24) is 9.13 Å². The summed E-state index contributed by atoms with van der Waals surface area (Å²) in [6, 6.07) is 34.0. The summed E-state index contributed by atoms with van der Waals surface area (Å²) >= 11 is 0. The summed E-state index contributed by atoms with van der Waals surface area (Å²) in [4.78, 5) is 57.6. The number of nitrogens with zero attached hydrogens (tertiary/aromatic N) is 8. The highest BCUT2D eigenvalue weighted by Gasteiger charge is 2.69. The van der Waals surface area contributed by atoms with Crippen LogP contribution in [0.2, 0.25) is 0 Å². The molecule has 4 aromatic carbocycles. The number of ether oxygens (including phenoxy) is 2. The van der Waals surface area contributed by atoms with E-state index in [0.717, 1.165) is 104 Å². The fourth-order valence-electron chi connectivity index (χ4n) is 7.88. The molecule has 6 aromatic rings. The molecule has 16 nitrogen and oxygen atoms in total. The first-order valence-corrected chi connectivity index (χ1v) is 17.4. The Bertz CT molecular complexity index is 2820. The van der Waals surface area contributed by atoms with E-state index in [2.05, 4.69) is 125 Å². The molecule has 6 aliphatic heterocycles. The molecule has 0 bridgehead atoms. The minimum atomic E-state index is -0.923. The molecule has 0 atom stereocenters. The maximum absolute atomic E-state index is 9.00. The quantitative estimate of drug-likeness (QED) is 0.198. The number of amidine groups is 4. The van der Waals surface area contributed by atoms with Gasteiger partial charge in [-0.05, 0) is 48.5 Å². The lowest BCUT2D eigenvalue weighted by atomic mass is 10.1. The van der Waals surface area contributed by atoms with Crippen molar-refractivity contribution in [1.29, 1.82) is 0 Å². The Morgan fingerprint density at radius 3 is 1.23 bits per heavy atom. The zero-order valence-corrected chi connectivity index (χ0v) is 30.8. The molecular weight excluding hydrogens is 732 g/mol. The second kappa shape index (κ2) is 13.8. The Labute approximate surface area is 322 Å². The molecule has 0 fully saturated rings. The van der Waals surface area contributed by atoms with Gasteiger partial charge in [0.1, 0.15) is 0 Å². The van der Waals surface area contributed by atoms with Crippen LogP contribution < -0.4 is 11.0 Å². The van der Waals surface area contributed by atoms with Gasteiger partial charge in [0.25, 0.3) is 48.2 Å². The highest BCUT2D eigenvalue weighted by Crippen LogP contribution is 2.52. The summed E-state index contributed by atoms with van der Waals surface area (Å²) in [6.07, 6.45) is 0. The molecule has 57 heavy (non-hydrogen) atoms. The molecule has 0 saturated carbocycles. The highest BCUT2D eigenvalue weighted by molar-refractivity contribution is 6.20. The SMILES string of the molecule is CC(=O)O.CC(=O)O.COC=O.COC=O.c1ccc2c(c1)C1=Nc3c4ccccc4c4n3C35n6c(c7ccccc7c6=NC6=[N+]3C(=N4)c3ccccc36)=NC2=[N+]15. The highest BCUT2D eigenvalue weighted by atomic mass is 16.5. The molecule has 0 aliphatic carbocycles. The van der Waals surface area contributed by atoms with E-state index < -0.39 is 17.8 Å². The Morgan fingerprint density at radius 2 is 0.877 bits per heavy atom. The Balaban J connectivity index is 0.000000247. The number of aliphatic carboxylic acids is 2. The largest absolute Gasteiger partial charge is 0.481 e. The number of carboxylic acid groups (broad SMARTS) is 2. The number of rotatable bonds is 2. The number of carboxylic acids is 2. The number of carbonyl (C=O) groups excluding carboxylic acids is 2. The molecular formula is C41H32N8O8+2. The number of methoxy groups -OCH3 is 2. The van der Waals surface area contributed by atoms with Crippen LogP contribution in [0.4, 0.5) is 11.6 Å². The lowest BCUT2D eigenvalue weighted by Crippen LogP contribution is -2.71. The van der Waals surface area contributed by atoms with Crippen molar-refractivity contribution in [2.24, 2.45) is 20.0 Å². The number of aliphatic imine (C=N–C) groups is 2. The van der Waals surface area contributed by atoms with Crippen LogP contribution in [0.3, 0.4) is 0 Å². The summed E-state index contributed by atoms with van der Waals surface area (Å²) < 4.78 is 17.0. The van der Waals surface area contributed by atoms with Crippen molar-refractivity contribution in [2.45, 2.75) is 19.8 Å². The lowest BCUT2D eigenvalue weighted by molar-refractivity contribution is -0.790. The summed E-state index contributed by atoms with van der Waals surface area (Å²) in [5, 5.41) is 19.2. The fourth-order valence-corrected chi connectivity index (χ4v) is 7.88. The monoisotopic (exact) mass is 764 g/mol. The maximum Gasteiger partial charge on any atom is 0.404 e. The minimum Gasteiger partial charge on any atom is -0.481 e. The van der Waals surface area contributed by atoms with Crippen LogP contribution >= 0.6 is 0 Å². The summed E-state index contributed by atoms with van der Waals surface area (Å²) in [5.74, 6) is 2.80. The average Bonchev–Trinajstić information content (AvgIpc) is 3.93. The predicted octanol–water partition coefficient (Wildman–Crippen LogP) is 3.47. The molecule has 282 valence electrons. The predicted molar refractivity (Wildman–Crippen MR) is 206 cm³/mol. The number of fused-ring (bicyclic) bond motifs is 12. The fraction of sp³-hybridized carbons (Fsp3) is 0.122. The zero-order chi connectivity index (χ0) is 40.2. The van der Waals surface area contributed by atoms with Crippen LogP contribution in [0, 0.1) is 0 Å². The van der Waals surface area contributed by atoms with E-state index in [1.165, 1.54) is 14.2 Å². The molecule has 8 heterocycles. The standard InChI is InChI=1S/C33H16N8.4C2H4O2/c1-2-10-18-17(9-1)25-34-27-19-11-3-4-12-20(19)29-36-31-23-15-7-8-16-24(23)32-37-30-22-14-6-5-13-21(22)28-35-26(18)38(25)33(39(27)29,40(28)30)41(31)32;2*1-4-2-3;2*1-2(3)4/h1-16H;2*2H,1H3;2*1H3,(H,3,4)/q+2;;;;. The van der Waals surface area contributed by atoms with Gasteiger partial charge in [-0.15, -0.1) is 9.15 Å². The van der Waals surface area contributed by atoms with Gasteiger partial charge in [0, 0.05) is 35.4 Å². The molecule has 16 heteroatoms. The van der Waals surface area contributed by atoms with Crippen LogP contribution in [0.5, 0.6) is 0 Å². The van der Waals surface area contributed by atoms with E-state index in [4.69, 9.17) is 49.4 Å². The van der Waals surface area contributed by atoms with Crippen LogP contribution in [0.25, 0.3) is 21.5 Å². The molecule has 0 unspecified atom stereocenters. The molecule has 0 saturated heterocycles. The third-order valence-corrected chi connectivity index (χ3v) is 9.57. The van der Waals surface area contributed by atoms with Crippen molar-refractivity contribution in [3.8, 4) is 0 Å². The topological polar surface area (TPSA) is 193 Å². The van der Waals surface area contributed by atoms with Crippen LogP contribution in [0.1, 0.15) is 36.1 Å². The minimum absolute atomic E-state index is 0.375. The third kappa shape index (κ3) is 5.07. The lowest BCUT2D eigenvalue weighted by Gasteiger charge is -2.40. The maximum atomic E-state index is 9.00. The number of carbonyl (C=O) groups is 4. The number of hydrogen-bond donors (Lipinski definition) is 2. The summed E-state index contributed by atoms with van der Waals surface area (Å²) in [6.45, 7) is 2.92. The zero-order valence-electron chi connectivity index (χ0n) is 30.8. The van der Waals surface area contributed by atoms with E-state index in [9.17, 15) is 0 Å². The van der Waals surface area contributed by atoms with Crippen molar-refractivity contribution in [3.05, 3.63) is 130 Å². The van der Waals surface area contributed by atoms with Crippen molar-refractivity contribution >= 4 is 81.4 Å². The first-order chi connectivity index (χ1) is 27.6. The van der Waals surface area contributed by atoms with E-state index in [-0.39, 0.29) is 0 Å². The van der Waals surface area contributed by atoms with Gasteiger partial charge in [0.05, 0.1) is 36.5 Å². The van der Waals surface area contributed by atoms with E-state index in [1.54, 1.807) is 0 Å². The molecule has 0 radical (unpaired) electrons. The number of aromatic nitrogens is 2. The van der Waals surface area contributed by atoms with Gasteiger partial charge in [0.2, 0.25) is 22.6 Å². The third-order valence-electron chi connectivity index (χ3n) is 9.57. The van der Waals surface area contributed by atoms with Gasteiger partial charge in [-0.1, -0.05) is 68.5 Å². The van der Waals surface area contributed by atoms with Gasteiger partial charge < -0.3 is 19.7 Å². The summed E-state index contributed by atoms with van der Waals surface area (Å²) in [7, 11) is 2.62. The first kappa shape index (κ1) is 36.1. The molecule has 6 aliphatic rings. The smallest absolute Gasteiger partial charge is 0.404 e. The van der Waals surface area contributed by atoms with Gasteiger partial charge in [0.15, 0.2) is 0 Å². The van der Waals surface area contributed by atoms with E-state index in [0.29, 0.717) is 12.9 Å². The van der Waals surface area contributed by atoms with Crippen LogP contribution in [-0.4, -0.2) is 90.9 Å². The van der Waals surface area contributed by atoms with Crippen molar-refractivity contribution in [2.75, 3.05) is 14.2 Å². The first-order valence-electron chi connectivity index (χ1n) is 17.4. The van der Waals surface area contributed by atoms with E-state index >= 15 is 0 Å². The van der Waals surface area contributed by atoms with Gasteiger partial charge in [-0.3, -0.25) is 19.2 Å². The average molecular weight is 765 g/mol. The Kier molecular flexibility index (Phi) is 8.72. The second-order valence-corrected chi connectivity index (χ2v) is 12.9. The van der Waals surface area contributed by atoms with Gasteiger partial charge >= 0.3 is 5.91 Å². The van der Waals surface area contributed by atoms with Crippen LogP contribution in [-0.2, 0) is 34.6 Å². The Hall–Kier alpha value is -7.88. The molecule has 0 amide bonds. The van der Waals surface area contributed by atoms with Gasteiger partial charge in [-0.2, -0.15) is 9.13 Å². The van der Waals surface area contributed by atoms with Crippen molar-refractivity contribution < 1.29 is 48.0 Å². The number of hydrogen-bond acceptors (Lipinski definition) is 10. The normalized spacial score (nSPS) is 14.9.